The number of hydrogen-bond acceptors (Lipinski definition) is 4. The molecule has 0 saturated carbocycles. The van der Waals surface area contributed by atoms with E-state index in [2.05, 4.69) is 0 Å². The van der Waals surface area contributed by atoms with Gasteiger partial charge in [-0.25, -0.2) is 4.39 Å². The second kappa shape index (κ2) is 7.75. The minimum atomic E-state index is -0.748. The van der Waals surface area contributed by atoms with Crippen molar-refractivity contribution in [2.75, 3.05) is 40.3 Å². The number of ether oxygens (including phenoxy) is 1. The van der Waals surface area contributed by atoms with E-state index in [-0.39, 0.29) is 12.5 Å². The van der Waals surface area contributed by atoms with Gasteiger partial charge in [0.15, 0.2) is 6.61 Å². The fraction of sp³-hybridized carbons (Fsp3) is 0.588. The van der Waals surface area contributed by atoms with Crippen molar-refractivity contribution in [3.63, 3.8) is 0 Å². The molecule has 0 radical (unpaired) electrons. The quantitative estimate of drug-likeness (QED) is 0.892. The highest BCUT2D eigenvalue weighted by molar-refractivity contribution is 5.77. The maximum atomic E-state index is 13.1. The summed E-state index contributed by atoms with van der Waals surface area (Å²) < 4.78 is 18.4. The summed E-state index contributed by atoms with van der Waals surface area (Å²) in [5.74, 6) is -0.181. The van der Waals surface area contributed by atoms with Crippen molar-refractivity contribution >= 4 is 5.91 Å². The lowest BCUT2D eigenvalue weighted by molar-refractivity contribution is -0.133. The summed E-state index contributed by atoms with van der Waals surface area (Å²) in [6.45, 7) is 1.60. The molecule has 0 aromatic heterocycles. The van der Waals surface area contributed by atoms with Crippen LogP contribution in [0, 0.1) is 5.82 Å². The van der Waals surface area contributed by atoms with E-state index in [9.17, 15) is 14.3 Å². The molecule has 1 aromatic rings. The first kappa shape index (κ1) is 17.7. The van der Waals surface area contributed by atoms with Gasteiger partial charge in [-0.2, -0.15) is 0 Å². The summed E-state index contributed by atoms with van der Waals surface area (Å²) in [4.78, 5) is 15.9. The van der Waals surface area contributed by atoms with E-state index in [1.807, 2.05) is 19.0 Å². The monoisotopic (exact) mass is 324 g/mol. The number of amides is 1. The summed E-state index contributed by atoms with van der Waals surface area (Å²) in [7, 11) is 3.86. The van der Waals surface area contributed by atoms with Gasteiger partial charge in [0.25, 0.3) is 5.91 Å². The maximum absolute atomic E-state index is 13.1. The number of likely N-dealkylation sites (N-methyl/N-ethyl adjacent to an activating group) is 1. The minimum Gasteiger partial charge on any atom is -0.484 e. The molecule has 23 heavy (non-hydrogen) atoms. The van der Waals surface area contributed by atoms with Crippen LogP contribution in [0.5, 0.6) is 5.75 Å². The van der Waals surface area contributed by atoms with E-state index in [0.717, 1.165) is 6.42 Å². The highest BCUT2D eigenvalue weighted by atomic mass is 19.1. The van der Waals surface area contributed by atoms with Gasteiger partial charge < -0.3 is 19.6 Å². The third-order valence-electron chi connectivity index (χ3n) is 4.04. The van der Waals surface area contributed by atoms with Gasteiger partial charge in [0, 0.05) is 25.7 Å². The van der Waals surface area contributed by atoms with Gasteiger partial charge in [0.05, 0.1) is 5.60 Å². The molecule has 0 unspecified atom stereocenters. The molecular formula is C17H25FN2O3. The normalized spacial score (nSPS) is 22.0. The Balaban J connectivity index is 1.85. The van der Waals surface area contributed by atoms with Crippen LogP contribution in [0.4, 0.5) is 4.39 Å². The second-order valence-electron chi connectivity index (χ2n) is 6.44. The zero-order chi connectivity index (χ0) is 16.9. The van der Waals surface area contributed by atoms with Crippen LogP contribution in [0.25, 0.3) is 0 Å². The van der Waals surface area contributed by atoms with Crippen molar-refractivity contribution in [3.05, 3.63) is 30.1 Å². The highest BCUT2D eigenvalue weighted by Gasteiger charge is 2.31. The summed E-state index contributed by atoms with van der Waals surface area (Å²) in [6.07, 6.45) is 1.99. The largest absolute Gasteiger partial charge is 0.484 e. The van der Waals surface area contributed by atoms with Gasteiger partial charge in [-0.1, -0.05) is 6.07 Å². The van der Waals surface area contributed by atoms with Gasteiger partial charge in [-0.05, 0) is 45.5 Å². The van der Waals surface area contributed by atoms with Gasteiger partial charge >= 0.3 is 0 Å². The average Bonchev–Trinajstić information content (AvgIpc) is 2.66. The first-order valence-electron chi connectivity index (χ1n) is 7.91. The molecule has 1 saturated heterocycles. The van der Waals surface area contributed by atoms with Crippen LogP contribution in [-0.2, 0) is 4.79 Å². The van der Waals surface area contributed by atoms with Crippen LogP contribution in [0.3, 0.4) is 0 Å². The maximum Gasteiger partial charge on any atom is 0.260 e. The van der Waals surface area contributed by atoms with Gasteiger partial charge in [0.1, 0.15) is 11.6 Å². The van der Waals surface area contributed by atoms with E-state index < -0.39 is 11.4 Å². The molecule has 2 rings (SSSR count). The molecule has 1 aliphatic heterocycles. The van der Waals surface area contributed by atoms with Crippen molar-refractivity contribution in [3.8, 4) is 5.75 Å². The Kier molecular flexibility index (Phi) is 5.96. The average molecular weight is 324 g/mol. The fourth-order valence-electron chi connectivity index (χ4n) is 2.97. The molecule has 1 aliphatic rings. The van der Waals surface area contributed by atoms with Crippen LogP contribution in [-0.4, -0.2) is 66.8 Å². The molecule has 0 spiro atoms. The number of carbonyl (C=O) groups excluding carboxylic acids is 1. The summed E-state index contributed by atoms with van der Waals surface area (Å²) in [5, 5.41) is 10.6. The molecule has 6 heteroatoms. The van der Waals surface area contributed by atoms with Gasteiger partial charge in [-0.3, -0.25) is 4.79 Å². The molecule has 1 N–H and O–H groups in total. The van der Waals surface area contributed by atoms with Crippen molar-refractivity contribution in [2.24, 2.45) is 0 Å². The molecule has 5 nitrogen and oxygen atoms in total. The Bertz CT molecular complexity index is 538. The third kappa shape index (κ3) is 5.48. The van der Waals surface area contributed by atoms with E-state index in [0.29, 0.717) is 38.2 Å². The topological polar surface area (TPSA) is 53.0 Å². The Labute approximate surface area is 136 Å². The van der Waals surface area contributed by atoms with Gasteiger partial charge in [-0.15, -0.1) is 0 Å². The Morgan fingerprint density at radius 2 is 2.17 bits per heavy atom. The molecule has 1 aromatic carbocycles. The predicted molar refractivity (Wildman–Crippen MR) is 85.8 cm³/mol. The van der Waals surface area contributed by atoms with E-state index in [1.165, 1.54) is 12.1 Å². The number of aliphatic hydroxyl groups is 1. The van der Waals surface area contributed by atoms with Crippen molar-refractivity contribution in [2.45, 2.75) is 24.9 Å². The van der Waals surface area contributed by atoms with Crippen molar-refractivity contribution in [1.82, 2.24) is 9.80 Å². The predicted octanol–water partition coefficient (Wildman–Crippen LogP) is 1.51. The number of carbonyl (C=O) groups is 1. The minimum absolute atomic E-state index is 0.116. The molecule has 1 atom stereocenters. The van der Waals surface area contributed by atoms with Crippen LogP contribution in [0.15, 0.2) is 24.3 Å². The number of rotatable bonds is 5. The molecule has 1 amide bonds. The first-order chi connectivity index (χ1) is 10.9. The van der Waals surface area contributed by atoms with Crippen LogP contribution < -0.4 is 4.74 Å². The number of benzene rings is 1. The highest BCUT2D eigenvalue weighted by Crippen LogP contribution is 2.23. The lowest BCUT2D eigenvalue weighted by Crippen LogP contribution is -2.42. The number of halogens is 1. The molecule has 0 bridgehead atoms. The van der Waals surface area contributed by atoms with E-state index in [4.69, 9.17) is 4.74 Å². The Morgan fingerprint density at radius 1 is 1.39 bits per heavy atom. The smallest absolute Gasteiger partial charge is 0.260 e. The van der Waals surface area contributed by atoms with Crippen LogP contribution in [0.2, 0.25) is 0 Å². The number of nitrogens with zero attached hydrogens (tertiary/aromatic N) is 2. The Hall–Kier alpha value is -1.66. The summed E-state index contributed by atoms with van der Waals surface area (Å²) >= 11 is 0. The lowest BCUT2D eigenvalue weighted by atomic mass is 9.94. The fourth-order valence-corrected chi connectivity index (χ4v) is 2.97. The summed E-state index contributed by atoms with van der Waals surface area (Å²) in [5.41, 5.74) is -0.748. The van der Waals surface area contributed by atoms with E-state index in [1.54, 1.807) is 17.0 Å². The van der Waals surface area contributed by atoms with Crippen LogP contribution >= 0.6 is 0 Å². The van der Waals surface area contributed by atoms with Crippen molar-refractivity contribution < 1.29 is 19.0 Å². The zero-order valence-corrected chi connectivity index (χ0v) is 13.8. The number of likely N-dealkylation sites (tertiary alicyclic amines) is 1. The number of hydrogen-bond donors (Lipinski definition) is 1. The molecule has 1 heterocycles. The van der Waals surface area contributed by atoms with Crippen LogP contribution in [0.1, 0.15) is 19.3 Å². The SMILES string of the molecule is CN(C)C[C@]1(O)CCCN(C(=O)COc2cccc(F)c2)CC1. The van der Waals surface area contributed by atoms with E-state index >= 15 is 0 Å². The third-order valence-corrected chi connectivity index (χ3v) is 4.04. The molecule has 128 valence electrons. The Morgan fingerprint density at radius 3 is 2.87 bits per heavy atom. The zero-order valence-electron chi connectivity index (χ0n) is 13.8. The first-order valence-corrected chi connectivity index (χ1v) is 7.91. The molecule has 0 aliphatic carbocycles. The lowest BCUT2D eigenvalue weighted by Gasteiger charge is -2.29. The summed E-state index contributed by atoms with van der Waals surface area (Å²) in [6, 6.07) is 5.75. The second-order valence-corrected chi connectivity index (χ2v) is 6.44. The van der Waals surface area contributed by atoms with Gasteiger partial charge in [0.2, 0.25) is 0 Å². The molecular weight excluding hydrogens is 299 g/mol. The molecule has 1 fully saturated rings. The standard InChI is InChI=1S/C17H25FN2O3/c1-19(2)13-17(22)7-4-9-20(10-8-17)16(21)12-23-15-6-3-5-14(18)11-15/h3,5-6,11,22H,4,7-10,12-13H2,1-2H3/t17-/m0/s1. The van der Waals surface area contributed by atoms with Crippen molar-refractivity contribution in [1.29, 1.82) is 0 Å².